The molecule has 0 radical (unpaired) electrons. The van der Waals surface area contributed by atoms with Gasteiger partial charge in [0.25, 0.3) is 0 Å². The third kappa shape index (κ3) is 2.08. The topological polar surface area (TPSA) is 36.9 Å². The van der Waals surface area contributed by atoms with Crippen molar-refractivity contribution in [2.75, 3.05) is 7.11 Å². The Morgan fingerprint density at radius 1 is 1.27 bits per heavy atom. The van der Waals surface area contributed by atoms with E-state index in [1.54, 1.807) is 7.11 Å². The van der Waals surface area contributed by atoms with Crippen LogP contribution in [0.2, 0.25) is 0 Å². The summed E-state index contributed by atoms with van der Waals surface area (Å²) in [4.78, 5) is 0.211. The van der Waals surface area contributed by atoms with E-state index in [9.17, 15) is 0 Å². The standard InChI is InChI=1S/C10H17BrO4/c1-5(11)6-7-8(9(12-4)13-6)15-10(2,3)14-7/h5-9H,1-4H3/t5-,6+,7-,8+,9-/m1/s1. The van der Waals surface area contributed by atoms with E-state index >= 15 is 0 Å². The third-order valence-corrected chi connectivity index (χ3v) is 3.25. The molecule has 5 atom stereocenters. The summed E-state index contributed by atoms with van der Waals surface area (Å²) in [6.45, 7) is 5.86. The van der Waals surface area contributed by atoms with Crippen LogP contribution in [0.25, 0.3) is 0 Å². The monoisotopic (exact) mass is 280 g/mol. The molecule has 5 heteroatoms. The lowest BCUT2D eigenvalue weighted by Gasteiger charge is -2.24. The maximum Gasteiger partial charge on any atom is 0.186 e. The minimum atomic E-state index is -0.546. The maximum absolute atomic E-state index is 5.82. The molecule has 2 fully saturated rings. The normalized spacial score (nSPS) is 45.4. The fraction of sp³-hybridized carbons (Fsp3) is 1.00. The Morgan fingerprint density at radius 3 is 2.40 bits per heavy atom. The fourth-order valence-electron chi connectivity index (χ4n) is 2.15. The van der Waals surface area contributed by atoms with Gasteiger partial charge in [0.05, 0.1) is 0 Å². The van der Waals surface area contributed by atoms with Crippen molar-refractivity contribution in [3.63, 3.8) is 0 Å². The van der Waals surface area contributed by atoms with E-state index in [2.05, 4.69) is 15.9 Å². The van der Waals surface area contributed by atoms with E-state index < -0.39 is 5.79 Å². The zero-order valence-electron chi connectivity index (χ0n) is 9.40. The van der Waals surface area contributed by atoms with Gasteiger partial charge >= 0.3 is 0 Å². The molecule has 0 unspecified atom stereocenters. The molecule has 2 heterocycles. The number of hydrogen-bond donors (Lipinski definition) is 0. The first-order valence-electron chi connectivity index (χ1n) is 5.12. The van der Waals surface area contributed by atoms with E-state index in [1.165, 1.54) is 0 Å². The van der Waals surface area contributed by atoms with Gasteiger partial charge in [0.1, 0.15) is 18.3 Å². The van der Waals surface area contributed by atoms with Gasteiger partial charge in [-0.15, -0.1) is 0 Å². The first-order valence-corrected chi connectivity index (χ1v) is 6.04. The quantitative estimate of drug-likeness (QED) is 0.721. The van der Waals surface area contributed by atoms with Crippen molar-refractivity contribution in [1.82, 2.24) is 0 Å². The van der Waals surface area contributed by atoms with E-state index in [1.807, 2.05) is 20.8 Å². The molecule has 0 amide bonds. The molecule has 88 valence electrons. The van der Waals surface area contributed by atoms with Gasteiger partial charge in [-0.2, -0.15) is 0 Å². The summed E-state index contributed by atoms with van der Waals surface area (Å²) in [5, 5.41) is 0. The average molecular weight is 281 g/mol. The van der Waals surface area contributed by atoms with Crippen LogP contribution in [0.5, 0.6) is 0 Å². The summed E-state index contributed by atoms with van der Waals surface area (Å²) in [5.41, 5.74) is 0. The van der Waals surface area contributed by atoms with Gasteiger partial charge in [-0.3, -0.25) is 0 Å². The number of alkyl halides is 1. The summed E-state index contributed by atoms with van der Waals surface area (Å²) < 4.78 is 22.5. The number of ether oxygens (including phenoxy) is 4. The zero-order valence-corrected chi connectivity index (χ0v) is 11.0. The van der Waals surface area contributed by atoms with Gasteiger partial charge in [-0.25, -0.2) is 0 Å². The van der Waals surface area contributed by atoms with Crippen LogP contribution in [0, 0.1) is 0 Å². The Bertz CT molecular complexity index is 244. The lowest BCUT2D eigenvalue weighted by Crippen LogP contribution is -2.34. The van der Waals surface area contributed by atoms with E-state index in [4.69, 9.17) is 18.9 Å². The van der Waals surface area contributed by atoms with Crippen molar-refractivity contribution in [3.8, 4) is 0 Å². The second kappa shape index (κ2) is 3.96. The number of halogens is 1. The van der Waals surface area contributed by atoms with Gasteiger partial charge < -0.3 is 18.9 Å². The highest BCUT2D eigenvalue weighted by Crippen LogP contribution is 2.40. The summed E-state index contributed by atoms with van der Waals surface area (Å²) in [7, 11) is 1.62. The molecule has 0 N–H and O–H groups in total. The molecule has 0 bridgehead atoms. The molecule has 2 saturated heterocycles. The molecule has 2 aliphatic rings. The van der Waals surface area contributed by atoms with Crippen molar-refractivity contribution < 1.29 is 18.9 Å². The van der Waals surface area contributed by atoms with Crippen LogP contribution in [0.15, 0.2) is 0 Å². The van der Waals surface area contributed by atoms with Crippen LogP contribution < -0.4 is 0 Å². The summed E-state index contributed by atoms with van der Waals surface area (Å²) in [6.07, 6.45) is -0.544. The molecule has 4 nitrogen and oxygen atoms in total. The Hall–Kier alpha value is 0.320. The predicted molar refractivity (Wildman–Crippen MR) is 57.9 cm³/mol. The lowest BCUT2D eigenvalue weighted by atomic mass is 10.1. The lowest BCUT2D eigenvalue weighted by molar-refractivity contribution is -0.226. The highest BCUT2D eigenvalue weighted by molar-refractivity contribution is 9.09. The first-order chi connectivity index (χ1) is 6.94. The maximum atomic E-state index is 5.82. The first kappa shape index (κ1) is 11.8. The summed E-state index contributed by atoms with van der Waals surface area (Å²) >= 11 is 3.52. The van der Waals surface area contributed by atoms with Gasteiger partial charge in [-0.1, -0.05) is 22.9 Å². The van der Waals surface area contributed by atoms with Crippen molar-refractivity contribution >= 4 is 15.9 Å². The van der Waals surface area contributed by atoms with Crippen molar-refractivity contribution in [2.24, 2.45) is 0 Å². The van der Waals surface area contributed by atoms with Crippen molar-refractivity contribution in [2.45, 2.75) is 56.0 Å². The molecule has 2 aliphatic heterocycles. The molecule has 0 spiro atoms. The molecule has 2 rings (SSSR count). The van der Waals surface area contributed by atoms with Gasteiger partial charge in [-0.05, 0) is 13.8 Å². The molecular weight excluding hydrogens is 264 g/mol. The minimum absolute atomic E-state index is 0.0262. The van der Waals surface area contributed by atoms with Crippen LogP contribution in [-0.4, -0.2) is 42.3 Å². The SMILES string of the molecule is CO[C@@H]1O[C@@H]([C@@H](C)Br)[C@H]2OC(C)(C)O[C@H]12. The van der Waals surface area contributed by atoms with Crippen LogP contribution in [-0.2, 0) is 18.9 Å². The van der Waals surface area contributed by atoms with E-state index in [-0.39, 0.29) is 29.4 Å². The van der Waals surface area contributed by atoms with E-state index in [0.29, 0.717) is 0 Å². The van der Waals surface area contributed by atoms with Gasteiger partial charge in [0.2, 0.25) is 0 Å². The molecule has 0 aromatic rings. The van der Waals surface area contributed by atoms with Crippen molar-refractivity contribution in [3.05, 3.63) is 0 Å². The Labute approximate surface area is 98.3 Å². The second-order valence-electron chi connectivity index (χ2n) is 4.45. The third-order valence-electron chi connectivity index (χ3n) is 2.73. The molecular formula is C10H17BrO4. The molecule has 0 saturated carbocycles. The fourth-order valence-corrected chi connectivity index (χ4v) is 2.58. The van der Waals surface area contributed by atoms with Crippen LogP contribution in [0.3, 0.4) is 0 Å². The highest BCUT2D eigenvalue weighted by atomic mass is 79.9. The number of methoxy groups -OCH3 is 1. The summed E-state index contributed by atoms with van der Waals surface area (Å²) in [5.74, 6) is -0.546. The smallest absolute Gasteiger partial charge is 0.186 e. The average Bonchev–Trinajstić information content (AvgIpc) is 2.57. The molecule has 0 aliphatic carbocycles. The Morgan fingerprint density at radius 2 is 1.87 bits per heavy atom. The summed E-state index contributed by atoms with van der Waals surface area (Å²) in [6, 6.07) is 0. The van der Waals surface area contributed by atoms with Gasteiger partial charge in [0, 0.05) is 11.9 Å². The van der Waals surface area contributed by atoms with Crippen molar-refractivity contribution in [1.29, 1.82) is 0 Å². The zero-order chi connectivity index (χ0) is 11.2. The van der Waals surface area contributed by atoms with Crippen LogP contribution in [0.4, 0.5) is 0 Å². The number of fused-ring (bicyclic) bond motifs is 1. The minimum Gasteiger partial charge on any atom is -0.353 e. The van der Waals surface area contributed by atoms with Gasteiger partial charge in [0.15, 0.2) is 12.1 Å². The van der Waals surface area contributed by atoms with Crippen LogP contribution >= 0.6 is 15.9 Å². The van der Waals surface area contributed by atoms with E-state index in [0.717, 1.165) is 0 Å². The second-order valence-corrected chi connectivity index (χ2v) is 5.89. The molecule has 15 heavy (non-hydrogen) atoms. The highest BCUT2D eigenvalue weighted by Gasteiger charge is 2.56. The molecule has 0 aromatic carbocycles. The Balaban J connectivity index is 2.15. The molecule has 0 aromatic heterocycles. The number of hydrogen-bond acceptors (Lipinski definition) is 4. The van der Waals surface area contributed by atoms with Crippen LogP contribution in [0.1, 0.15) is 20.8 Å². The Kier molecular flexibility index (Phi) is 3.12. The number of rotatable bonds is 2. The predicted octanol–water partition coefficient (Wildman–Crippen LogP) is 1.66. The largest absolute Gasteiger partial charge is 0.353 e.